The summed E-state index contributed by atoms with van der Waals surface area (Å²) >= 11 is 0. The van der Waals surface area contributed by atoms with Crippen molar-refractivity contribution in [2.24, 2.45) is 5.92 Å². The van der Waals surface area contributed by atoms with Crippen molar-refractivity contribution in [2.75, 3.05) is 11.9 Å². The number of H-pyrrole nitrogens is 1. The van der Waals surface area contributed by atoms with Gasteiger partial charge >= 0.3 is 29.6 Å². The Kier molecular flexibility index (Phi) is 17.2. The number of amides is 1. The summed E-state index contributed by atoms with van der Waals surface area (Å²) in [5, 5.41) is 27.0. The number of carbonyl (C=O) groups is 2. The number of ether oxygens (including phenoxy) is 1. The smallest absolute Gasteiger partial charge is 0.550 e. The zero-order valence-corrected chi connectivity index (χ0v) is 29.5. The van der Waals surface area contributed by atoms with Gasteiger partial charge in [-0.25, -0.2) is 0 Å². The maximum absolute atomic E-state index is 12.9. The molecular formula is C35H40N5NaO7. The van der Waals surface area contributed by atoms with E-state index in [1.807, 2.05) is 32.0 Å². The molecule has 0 aliphatic rings. The van der Waals surface area contributed by atoms with E-state index in [9.17, 15) is 19.5 Å². The van der Waals surface area contributed by atoms with Crippen LogP contribution in [0.5, 0.6) is 5.75 Å². The van der Waals surface area contributed by atoms with E-state index < -0.39 is 5.97 Å². The van der Waals surface area contributed by atoms with Crippen molar-refractivity contribution in [1.82, 2.24) is 20.6 Å². The van der Waals surface area contributed by atoms with Crippen LogP contribution in [0.3, 0.4) is 0 Å². The van der Waals surface area contributed by atoms with Crippen molar-refractivity contribution in [3.05, 3.63) is 100 Å². The molecule has 13 heteroatoms. The molecule has 0 fully saturated rings. The fraction of sp³-hybridized carbons (Fsp3) is 0.314. The van der Waals surface area contributed by atoms with Gasteiger partial charge in [-0.1, -0.05) is 63.1 Å². The molecule has 0 saturated carbocycles. The van der Waals surface area contributed by atoms with Gasteiger partial charge in [0.05, 0.1) is 17.7 Å². The average molecular weight is 666 g/mol. The molecule has 0 aliphatic carbocycles. The Bertz CT molecular complexity index is 1740. The summed E-state index contributed by atoms with van der Waals surface area (Å²) in [5.74, 6) is -0.450. The van der Waals surface area contributed by atoms with Gasteiger partial charge in [-0.2, -0.15) is 5.21 Å². The number of nitrogens with one attached hydrogen (secondary N) is 2. The van der Waals surface area contributed by atoms with Crippen LogP contribution in [-0.2, 0) is 11.2 Å². The van der Waals surface area contributed by atoms with Gasteiger partial charge in [-0.3, -0.25) is 9.59 Å². The largest absolute Gasteiger partial charge is 1.00 e. The number of hydrogen-bond acceptors (Lipinski definition) is 9. The van der Waals surface area contributed by atoms with E-state index in [4.69, 9.17) is 9.15 Å². The van der Waals surface area contributed by atoms with Crippen LogP contribution in [0.4, 0.5) is 5.69 Å². The fourth-order valence-corrected chi connectivity index (χ4v) is 4.89. The van der Waals surface area contributed by atoms with Crippen LogP contribution in [0, 0.1) is 5.92 Å². The number of hydrogen-bond donors (Lipinski definition) is 2. The monoisotopic (exact) mass is 665 g/mol. The summed E-state index contributed by atoms with van der Waals surface area (Å²) in [4.78, 5) is 35.8. The Hall–Kier alpha value is -4.36. The van der Waals surface area contributed by atoms with Crippen LogP contribution < -0.4 is 50.1 Å². The summed E-state index contributed by atoms with van der Waals surface area (Å²) in [7, 11) is 0. The Morgan fingerprint density at radius 3 is 2.29 bits per heavy atom. The molecule has 5 aromatic rings. The average Bonchev–Trinajstić information content (AvgIpc) is 3.61. The molecule has 2 aromatic heterocycles. The number of tetrazole rings is 1. The molecule has 0 saturated heterocycles. The standard InChI is InChI=1S/C27H23N5O4.C8H16O2.Na.H2O/c33-23-17-24(26-29-31-32-30-26)36-25-21(23)10-6-11-22(25)28-27(34)19-12-14-20(15-13-19)35-16-5-4-9-18-7-2-1-3-8-18;1-3-5-7(6-4-2)8(9)10;;/h1-3,6-8,10-15,17H,4-5,9,16H2,(H,28,34)(H,29,30,31,32);7H,3-6H2,1-2H3,(H,9,10);;1H2/q;;+1;/p-1. The molecule has 5 rings (SSSR count). The van der Waals surface area contributed by atoms with Gasteiger partial charge in [0.15, 0.2) is 16.8 Å². The number of benzene rings is 3. The van der Waals surface area contributed by atoms with E-state index in [1.54, 1.807) is 42.5 Å². The van der Waals surface area contributed by atoms with Gasteiger partial charge < -0.3 is 29.8 Å². The molecule has 0 atom stereocenters. The molecule has 48 heavy (non-hydrogen) atoms. The van der Waals surface area contributed by atoms with Crippen LogP contribution in [-0.4, -0.2) is 44.6 Å². The number of para-hydroxylation sites is 1. The van der Waals surface area contributed by atoms with Gasteiger partial charge in [-0.15, -0.1) is 10.2 Å². The predicted octanol–water partition coefficient (Wildman–Crippen LogP) is 1.76. The Balaban J connectivity index is 0.000000583. The normalized spacial score (nSPS) is 10.3. The van der Waals surface area contributed by atoms with Gasteiger partial charge in [-0.05, 0) is 85.2 Å². The molecule has 1 amide bonds. The first kappa shape index (κ1) is 39.8. The maximum atomic E-state index is 12.9. The number of anilines is 1. The molecule has 2 heterocycles. The number of carbonyl (C=O) groups excluding carboxylic acids is 2. The summed E-state index contributed by atoms with van der Waals surface area (Å²) in [5.41, 5.74) is 2.08. The first-order valence-corrected chi connectivity index (χ1v) is 15.5. The van der Waals surface area contributed by atoms with E-state index in [2.05, 4.69) is 38.1 Å². The third-order valence-electron chi connectivity index (χ3n) is 7.26. The van der Waals surface area contributed by atoms with Gasteiger partial charge in [0.25, 0.3) is 5.91 Å². The number of aromatic amines is 1. The zero-order valence-electron chi connectivity index (χ0n) is 27.5. The van der Waals surface area contributed by atoms with Crippen molar-refractivity contribution in [3.8, 4) is 17.3 Å². The van der Waals surface area contributed by atoms with E-state index in [0.29, 0.717) is 29.0 Å². The minimum atomic E-state index is -0.885. The Labute approximate surface area is 300 Å². The van der Waals surface area contributed by atoms with E-state index in [0.717, 1.165) is 44.9 Å². The number of unbranched alkanes of at least 4 members (excludes halogenated alkanes) is 1. The minimum absolute atomic E-state index is 0. The predicted molar refractivity (Wildman–Crippen MR) is 177 cm³/mol. The minimum Gasteiger partial charge on any atom is -0.550 e. The van der Waals surface area contributed by atoms with Crippen molar-refractivity contribution in [3.63, 3.8) is 0 Å². The summed E-state index contributed by atoms with van der Waals surface area (Å²) in [6.07, 6.45) is 6.38. The number of aromatic nitrogens is 4. The zero-order chi connectivity index (χ0) is 32.7. The first-order valence-electron chi connectivity index (χ1n) is 15.5. The third kappa shape index (κ3) is 11.7. The number of nitrogens with zero attached hydrogens (tertiary/aromatic N) is 3. The number of aryl methyl sites for hydroxylation is 1. The molecule has 12 nitrogen and oxygen atoms in total. The van der Waals surface area contributed by atoms with E-state index in [-0.39, 0.29) is 69.5 Å². The quantitative estimate of drug-likeness (QED) is 0.131. The number of carboxylic acid groups (broad SMARTS) is 1. The molecule has 4 N–H and O–H groups in total. The Morgan fingerprint density at radius 2 is 1.67 bits per heavy atom. The fourth-order valence-electron chi connectivity index (χ4n) is 4.89. The second-order valence-electron chi connectivity index (χ2n) is 10.8. The second-order valence-corrected chi connectivity index (χ2v) is 10.8. The molecule has 0 radical (unpaired) electrons. The first-order chi connectivity index (χ1) is 22.4. The number of aliphatic carboxylic acids is 1. The van der Waals surface area contributed by atoms with E-state index in [1.165, 1.54) is 11.6 Å². The van der Waals surface area contributed by atoms with Gasteiger partial charge in [0.2, 0.25) is 5.82 Å². The van der Waals surface area contributed by atoms with Crippen LogP contribution in [0.2, 0.25) is 0 Å². The van der Waals surface area contributed by atoms with Crippen molar-refractivity contribution in [1.29, 1.82) is 0 Å². The molecular weight excluding hydrogens is 625 g/mol. The molecule has 0 spiro atoms. The molecule has 0 aliphatic heterocycles. The second kappa shape index (κ2) is 20.8. The third-order valence-corrected chi connectivity index (χ3v) is 7.26. The van der Waals surface area contributed by atoms with Crippen LogP contribution in [0.25, 0.3) is 22.6 Å². The number of carboxylic acids is 1. The van der Waals surface area contributed by atoms with Crippen molar-refractivity contribution >= 4 is 28.5 Å². The van der Waals surface area contributed by atoms with E-state index >= 15 is 0 Å². The summed E-state index contributed by atoms with van der Waals surface area (Å²) in [6, 6.07) is 23.6. The van der Waals surface area contributed by atoms with Crippen LogP contribution >= 0.6 is 0 Å². The molecule has 248 valence electrons. The molecule has 0 bridgehead atoms. The SMILES string of the molecule is CCCC(CCC)C(=O)[O-].O.O=C(Nc1cccc2c(=O)cc(-c3nn[nH]n3)oc12)c1ccc(OCCCCc2ccccc2)cc1.[Na+]. The summed E-state index contributed by atoms with van der Waals surface area (Å²) < 4.78 is 11.7. The topological polar surface area (TPSA) is 195 Å². The maximum Gasteiger partial charge on any atom is 1.00 e. The Morgan fingerprint density at radius 1 is 0.958 bits per heavy atom. The number of rotatable bonds is 14. The molecule has 3 aromatic carbocycles. The van der Waals surface area contributed by atoms with Gasteiger partial charge in [0.1, 0.15) is 5.75 Å². The summed E-state index contributed by atoms with van der Waals surface area (Å²) in [6.45, 7) is 4.59. The number of fused-ring (bicyclic) bond motifs is 1. The van der Waals surface area contributed by atoms with Crippen LogP contribution in [0.15, 0.2) is 88.1 Å². The van der Waals surface area contributed by atoms with Crippen molar-refractivity contribution < 1.29 is 58.9 Å². The van der Waals surface area contributed by atoms with Crippen LogP contribution in [0.1, 0.15) is 68.3 Å². The van der Waals surface area contributed by atoms with Crippen molar-refractivity contribution in [2.45, 2.75) is 58.8 Å². The molecule has 0 unspecified atom stereocenters. The van der Waals surface area contributed by atoms with Gasteiger partial charge in [0, 0.05) is 17.6 Å².